The van der Waals surface area contributed by atoms with Crippen molar-refractivity contribution in [2.45, 2.75) is 93.3 Å². The van der Waals surface area contributed by atoms with E-state index < -0.39 is 16.0 Å². The second-order valence-electron chi connectivity index (χ2n) is 11.7. The van der Waals surface area contributed by atoms with Crippen LogP contribution < -0.4 is 16.4 Å². The lowest BCUT2D eigenvalue weighted by atomic mass is 9.92. The molecule has 2 saturated carbocycles. The van der Waals surface area contributed by atoms with E-state index in [1.165, 1.54) is 36.4 Å². The third-order valence-electron chi connectivity index (χ3n) is 8.95. The fourth-order valence-corrected chi connectivity index (χ4v) is 8.17. The minimum absolute atomic E-state index is 0.00237. The number of rotatable bonds is 8. The van der Waals surface area contributed by atoms with Crippen molar-refractivity contribution in [3.05, 3.63) is 36.2 Å². The fourth-order valence-electron chi connectivity index (χ4n) is 6.52. The molecule has 0 radical (unpaired) electrons. The minimum Gasteiger partial charge on any atom is -0.465 e. The first-order valence-electron chi connectivity index (χ1n) is 15.0. The first-order chi connectivity index (χ1) is 20.3. The van der Waals surface area contributed by atoms with E-state index in [2.05, 4.69) is 15.2 Å². The summed E-state index contributed by atoms with van der Waals surface area (Å²) >= 11 is 0. The van der Waals surface area contributed by atoms with Gasteiger partial charge in [0, 0.05) is 37.3 Å². The topological polar surface area (TPSA) is 157 Å². The highest BCUT2D eigenvalue weighted by molar-refractivity contribution is 7.89. The summed E-state index contributed by atoms with van der Waals surface area (Å²) in [5.74, 6) is 0.588. The van der Waals surface area contributed by atoms with Crippen molar-refractivity contribution in [3.8, 4) is 0 Å². The van der Waals surface area contributed by atoms with Gasteiger partial charge < -0.3 is 25.7 Å². The summed E-state index contributed by atoms with van der Waals surface area (Å²) in [5, 5.41) is 7.14. The zero-order chi connectivity index (χ0) is 29.3. The molecule has 13 heteroatoms. The van der Waals surface area contributed by atoms with Crippen LogP contribution in [0, 0.1) is 0 Å². The Balaban J connectivity index is 1.21. The Kier molecular flexibility index (Phi) is 8.33. The number of hydrogen-bond donors (Lipinski definition) is 3. The number of nitrogens with two attached hydrogens (primary N) is 1. The van der Waals surface area contributed by atoms with Crippen molar-refractivity contribution < 1.29 is 17.9 Å². The number of esters is 1. The molecule has 12 nitrogen and oxygen atoms in total. The van der Waals surface area contributed by atoms with E-state index in [0.29, 0.717) is 43.7 Å². The monoisotopic (exact) mass is 596 g/mol. The van der Waals surface area contributed by atoms with Crippen LogP contribution in [-0.4, -0.2) is 76.5 Å². The number of nitrogens with zero attached hydrogens (tertiary/aromatic N) is 5. The number of hydrogen-bond acceptors (Lipinski definition) is 10. The molecule has 2 aromatic heterocycles. The third kappa shape index (κ3) is 5.82. The smallest absolute Gasteiger partial charge is 0.339 e. The van der Waals surface area contributed by atoms with E-state index in [9.17, 15) is 13.2 Å². The standard InChI is InChI=1S/C29H40N8O4S/c1-41-28(38)23-8-4-5-9-24(23)42(39,40)36-16-14-21(15-17-36)32-26-25-27(37(18-31-25)22-6-2-3-7-22)35-29(34-26)33-20-12-10-19(30)11-13-20/h4-5,8-9,18-22H,2-3,6-7,10-17,30H2,1H3,(H2,32,33,34,35)/t19-,20-. The largest absolute Gasteiger partial charge is 0.465 e. The molecule has 42 heavy (non-hydrogen) atoms. The van der Waals surface area contributed by atoms with E-state index in [1.807, 2.05) is 6.33 Å². The molecule has 0 spiro atoms. The molecule has 2 aliphatic carbocycles. The van der Waals surface area contributed by atoms with E-state index in [4.69, 9.17) is 25.4 Å². The number of aromatic nitrogens is 4. The summed E-state index contributed by atoms with van der Waals surface area (Å²) in [6.07, 6.45) is 11.6. The molecule has 3 aromatic rings. The van der Waals surface area contributed by atoms with Crippen molar-refractivity contribution >= 4 is 38.9 Å². The predicted octanol–water partition coefficient (Wildman–Crippen LogP) is 3.68. The summed E-state index contributed by atoms with van der Waals surface area (Å²) in [4.78, 5) is 26.8. The maximum absolute atomic E-state index is 13.5. The molecular weight excluding hydrogens is 556 g/mol. The van der Waals surface area contributed by atoms with Gasteiger partial charge in [-0.05, 0) is 63.5 Å². The predicted molar refractivity (Wildman–Crippen MR) is 160 cm³/mol. The Bertz CT molecular complexity index is 1520. The van der Waals surface area contributed by atoms with Crippen LogP contribution in [0.1, 0.15) is 80.6 Å². The maximum atomic E-state index is 13.5. The number of imidazole rings is 1. The average molecular weight is 597 g/mol. The zero-order valence-corrected chi connectivity index (χ0v) is 24.9. The van der Waals surface area contributed by atoms with E-state index >= 15 is 0 Å². The van der Waals surface area contributed by atoms with Gasteiger partial charge >= 0.3 is 5.97 Å². The van der Waals surface area contributed by atoms with Crippen molar-refractivity contribution in [1.29, 1.82) is 0 Å². The Hall–Kier alpha value is -3.29. The van der Waals surface area contributed by atoms with Crippen molar-refractivity contribution in [2.75, 3.05) is 30.8 Å². The molecule has 0 unspecified atom stereocenters. The Morgan fingerprint density at radius 3 is 2.36 bits per heavy atom. The number of carbonyl (C=O) groups is 1. The highest BCUT2D eigenvalue weighted by Crippen LogP contribution is 2.34. The van der Waals surface area contributed by atoms with Crippen molar-refractivity contribution in [3.63, 3.8) is 0 Å². The zero-order valence-electron chi connectivity index (χ0n) is 24.0. The highest BCUT2D eigenvalue weighted by atomic mass is 32.2. The van der Waals surface area contributed by atoms with E-state index in [-0.39, 0.29) is 28.6 Å². The molecule has 0 amide bonds. The van der Waals surface area contributed by atoms with Crippen LogP contribution in [0.25, 0.3) is 11.2 Å². The molecule has 3 heterocycles. The van der Waals surface area contributed by atoms with Crippen LogP contribution in [-0.2, 0) is 14.8 Å². The van der Waals surface area contributed by atoms with E-state index in [0.717, 1.165) is 49.7 Å². The van der Waals surface area contributed by atoms with E-state index in [1.54, 1.807) is 12.1 Å². The lowest BCUT2D eigenvalue weighted by molar-refractivity contribution is 0.0596. The number of ether oxygens (including phenoxy) is 1. The summed E-state index contributed by atoms with van der Waals surface area (Å²) in [6.45, 7) is 0.626. The summed E-state index contributed by atoms with van der Waals surface area (Å²) in [6, 6.07) is 7.11. The molecule has 1 aromatic carbocycles. The van der Waals surface area contributed by atoms with Gasteiger partial charge in [-0.15, -0.1) is 0 Å². The number of sulfonamides is 1. The Labute approximate surface area is 246 Å². The molecule has 226 valence electrons. The average Bonchev–Trinajstić information content (AvgIpc) is 3.69. The van der Waals surface area contributed by atoms with Gasteiger partial charge in [0.15, 0.2) is 17.0 Å². The second-order valence-corrected chi connectivity index (χ2v) is 13.6. The van der Waals surface area contributed by atoms with Gasteiger partial charge in [0.25, 0.3) is 0 Å². The van der Waals surface area contributed by atoms with Crippen LogP contribution in [0.5, 0.6) is 0 Å². The quantitative estimate of drug-likeness (QED) is 0.328. The number of methoxy groups -OCH3 is 1. The van der Waals surface area contributed by atoms with Crippen LogP contribution in [0.3, 0.4) is 0 Å². The second kappa shape index (κ2) is 12.1. The fraction of sp³-hybridized carbons (Fsp3) is 0.586. The summed E-state index contributed by atoms with van der Waals surface area (Å²) in [7, 11) is -2.62. The molecule has 3 fully saturated rings. The SMILES string of the molecule is COC(=O)c1ccccc1S(=O)(=O)N1CCC(Nc2nc(N[C@H]3CC[C@H](N)CC3)nc3c2ncn3C2CCCC2)CC1. The van der Waals surface area contributed by atoms with Gasteiger partial charge in [-0.2, -0.15) is 14.3 Å². The molecule has 1 aliphatic heterocycles. The number of fused-ring (bicyclic) bond motifs is 1. The van der Waals surface area contributed by atoms with Crippen LogP contribution in [0.15, 0.2) is 35.5 Å². The van der Waals surface area contributed by atoms with Gasteiger partial charge in [0.05, 0.1) is 23.9 Å². The molecule has 0 atom stereocenters. The van der Waals surface area contributed by atoms with Crippen LogP contribution >= 0.6 is 0 Å². The van der Waals surface area contributed by atoms with Gasteiger partial charge in [0.1, 0.15) is 0 Å². The van der Waals surface area contributed by atoms with Gasteiger partial charge in [-0.3, -0.25) is 0 Å². The molecule has 4 N–H and O–H groups in total. The molecular formula is C29H40N8O4S. The number of piperidine rings is 1. The Morgan fingerprint density at radius 1 is 0.952 bits per heavy atom. The van der Waals surface area contributed by atoms with Gasteiger partial charge in [-0.1, -0.05) is 25.0 Å². The van der Waals surface area contributed by atoms with Crippen molar-refractivity contribution in [2.24, 2.45) is 5.73 Å². The molecule has 0 bridgehead atoms. The van der Waals surface area contributed by atoms with Gasteiger partial charge in [-0.25, -0.2) is 18.2 Å². The highest BCUT2D eigenvalue weighted by Gasteiger charge is 2.33. The Morgan fingerprint density at radius 2 is 1.64 bits per heavy atom. The van der Waals surface area contributed by atoms with Crippen LogP contribution in [0.2, 0.25) is 0 Å². The molecule has 6 rings (SSSR count). The van der Waals surface area contributed by atoms with Gasteiger partial charge in [0.2, 0.25) is 16.0 Å². The summed E-state index contributed by atoms with van der Waals surface area (Å²) < 4.78 is 35.5. The lowest BCUT2D eigenvalue weighted by Crippen LogP contribution is -2.42. The first kappa shape index (κ1) is 28.8. The molecule has 1 saturated heterocycles. The number of benzene rings is 1. The first-order valence-corrected chi connectivity index (χ1v) is 16.5. The lowest BCUT2D eigenvalue weighted by Gasteiger charge is -2.32. The number of anilines is 2. The third-order valence-corrected chi connectivity index (χ3v) is 10.9. The summed E-state index contributed by atoms with van der Waals surface area (Å²) in [5.41, 5.74) is 7.73. The number of nitrogens with one attached hydrogen (secondary N) is 2. The maximum Gasteiger partial charge on any atom is 0.339 e. The van der Waals surface area contributed by atoms with Crippen molar-refractivity contribution in [1.82, 2.24) is 23.8 Å². The molecule has 3 aliphatic rings. The normalized spacial score (nSPS) is 22.8. The minimum atomic E-state index is -3.87. The number of carbonyl (C=O) groups excluding carboxylic acids is 1. The van der Waals surface area contributed by atoms with Crippen LogP contribution in [0.4, 0.5) is 11.8 Å².